The first kappa shape index (κ1) is 19.9. The van der Waals surface area contributed by atoms with Crippen molar-refractivity contribution in [1.29, 1.82) is 0 Å². The number of rotatable bonds is 5. The Kier molecular flexibility index (Phi) is 6.07. The Hall–Kier alpha value is -1.40. The Labute approximate surface area is 167 Å². The highest BCUT2D eigenvalue weighted by Gasteiger charge is 2.41. The van der Waals surface area contributed by atoms with Crippen molar-refractivity contribution in [3.63, 3.8) is 0 Å². The summed E-state index contributed by atoms with van der Waals surface area (Å²) in [5, 5.41) is 0. The fraction of sp³-hybridized carbons (Fsp3) is 0.818. The van der Waals surface area contributed by atoms with Crippen LogP contribution in [-0.4, -0.2) is 52.5 Å². The number of piperidine rings is 1. The van der Waals surface area contributed by atoms with Crippen molar-refractivity contribution in [3.05, 3.63) is 32.1 Å². The molecule has 0 aromatic carbocycles. The van der Waals surface area contributed by atoms with Crippen LogP contribution in [0.5, 0.6) is 0 Å². The maximum atomic E-state index is 12.2. The van der Waals surface area contributed by atoms with Crippen molar-refractivity contribution in [2.45, 2.75) is 71.3 Å². The molecule has 3 aliphatic rings. The van der Waals surface area contributed by atoms with E-state index in [1.165, 1.54) is 77.4 Å². The molecule has 6 nitrogen and oxygen atoms in total. The molecular formula is C22H36N4O2. The van der Waals surface area contributed by atoms with Crippen molar-refractivity contribution >= 4 is 0 Å². The van der Waals surface area contributed by atoms with E-state index < -0.39 is 5.69 Å². The fourth-order valence-corrected chi connectivity index (χ4v) is 5.88. The predicted octanol–water partition coefficient (Wildman–Crippen LogP) is 2.63. The van der Waals surface area contributed by atoms with Gasteiger partial charge in [0, 0.05) is 25.3 Å². The third kappa shape index (κ3) is 4.60. The molecule has 1 atom stereocenters. The number of aryl methyl sites for hydroxylation is 1. The molecule has 2 saturated heterocycles. The van der Waals surface area contributed by atoms with Gasteiger partial charge in [-0.25, -0.2) is 4.79 Å². The van der Waals surface area contributed by atoms with Crippen LogP contribution < -0.4 is 11.2 Å². The predicted molar refractivity (Wildman–Crippen MR) is 112 cm³/mol. The topological polar surface area (TPSA) is 72.2 Å². The lowest BCUT2D eigenvalue weighted by Crippen LogP contribution is -2.45. The molecular weight excluding hydrogens is 352 g/mol. The van der Waals surface area contributed by atoms with Crippen LogP contribution in [0.25, 0.3) is 0 Å². The van der Waals surface area contributed by atoms with Crippen molar-refractivity contribution in [2.75, 3.05) is 32.7 Å². The van der Waals surface area contributed by atoms with Gasteiger partial charge in [0.15, 0.2) is 0 Å². The minimum absolute atomic E-state index is 0.236. The largest absolute Gasteiger partial charge is 0.325 e. The van der Waals surface area contributed by atoms with E-state index in [4.69, 9.17) is 0 Å². The van der Waals surface area contributed by atoms with Gasteiger partial charge in [0.05, 0.1) is 5.56 Å². The van der Waals surface area contributed by atoms with Crippen molar-refractivity contribution in [3.8, 4) is 0 Å². The lowest BCUT2D eigenvalue weighted by Gasteiger charge is -2.41. The summed E-state index contributed by atoms with van der Waals surface area (Å²) in [6.45, 7) is 8.34. The number of aromatic nitrogens is 2. The number of nitrogens with zero attached hydrogens (tertiary/aromatic N) is 2. The van der Waals surface area contributed by atoms with Crippen LogP contribution in [0.3, 0.4) is 0 Å². The van der Waals surface area contributed by atoms with Crippen molar-refractivity contribution < 1.29 is 0 Å². The molecule has 2 N–H and O–H groups in total. The molecule has 28 heavy (non-hydrogen) atoms. The van der Waals surface area contributed by atoms with Crippen LogP contribution in [0, 0.1) is 18.3 Å². The molecule has 2 aliphatic heterocycles. The Morgan fingerprint density at radius 3 is 2.54 bits per heavy atom. The normalized spacial score (nSPS) is 27.6. The van der Waals surface area contributed by atoms with Crippen molar-refractivity contribution in [1.82, 2.24) is 19.8 Å². The zero-order chi connectivity index (χ0) is 19.6. The molecule has 6 heteroatoms. The fourth-order valence-electron chi connectivity index (χ4n) is 5.88. The zero-order valence-corrected chi connectivity index (χ0v) is 17.4. The minimum atomic E-state index is -0.412. The van der Waals surface area contributed by atoms with E-state index in [0.29, 0.717) is 23.2 Å². The quantitative estimate of drug-likeness (QED) is 0.813. The summed E-state index contributed by atoms with van der Waals surface area (Å²) in [6.07, 6.45) is 12.4. The highest BCUT2D eigenvalue weighted by Crippen LogP contribution is 2.39. The number of hydrogen-bond donors (Lipinski definition) is 2. The molecule has 3 heterocycles. The number of hydrogen-bond acceptors (Lipinski definition) is 4. The third-order valence-electron chi connectivity index (χ3n) is 7.47. The second-order valence-electron chi connectivity index (χ2n) is 9.64. The Morgan fingerprint density at radius 1 is 0.964 bits per heavy atom. The number of nitrogens with one attached hydrogen (secondary N) is 2. The smallest absolute Gasteiger partial charge is 0.311 e. The molecule has 3 fully saturated rings. The molecule has 0 amide bonds. The Bertz CT molecular complexity index is 779. The van der Waals surface area contributed by atoms with Gasteiger partial charge in [-0.3, -0.25) is 14.7 Å². The second kappa shape index (κ2) is 8.54. The Balaban J connectivity index is 1.33. The van der Waals surface area contributed by atoms with E-state index in [1.54, 1.807) is 0 Å². The average Bonchev–Trinajstić information content (AvgIpc) is 3.06. The van der Waals surface area contributed by atoms with Gasteiger partial charge in [-0.1, -0.05) is 32.1 Å². The maximum absolute atomic E-state index is 12.2. The van der Waals surface area contributed by atoms with E-state index >= 15 is 0 Å². The summed E-state index contributed by atoms with van der Waals surface area (Å²) in [4.78, 5) is 33.9. The lowest BCUT2D eigenvalue weighted by molar-refractivity contribution is 0.0852. The standard InChI is InChI=1S/C22H36N4O2/c1-17-19(20(27)24-21(28)23-17)14-26-13-10-22(16-26)9-5-11-25(15-22)12-8-18-6-3-2-4-7-18/h18H,2-16H2,1H3,(H2,23,24,27,28)/t22-/m0/s1. The summed E-state index contributed by atoms with van der Waals surface area (Å²) in [5.41, 5.74) is 1.16. The van der Waals surface area contributed by atoms with Crippen LogP contribution >= 0.6 is 0 Å². The van der Waals surface area contributed by atoms with Gasteiger partial charge in [-0.2, -0.15) is 0 Å². The molecule has 1 spiro atoms. The van der Waals surface area contributed by atoms with Crippen LogP contribution in [0.4, 0.5) is 0 Å². The number of H-pyrrole nitrogens is 2. The third-order valence-corrected chi connectivity index (χ3v) is 7.47. The molecule has 4 rings (SSSR count). The molecule has 156 valence electrons. The first-order valence-corrected chi connectivity index (χ1v) is 11.3. The molecule has 1 saturated carbocycles. The van der Waals surface area contributed by atoms with E-state index in [0.717, 1.165) is 19.0 Å². The summed E-state index contributed by atoms with van der Waals surface area (Å²) in [5.74, 6) is 0.960. The highest BCUT2D eigenvalue weighted by atomic mass is 16.2. The molecule has 0 bridgehead atoms. The van der Waals surface area contributed by atoms with Gasteiger partial charge in [0.2, 0.25) is 0 Å². The summed E-state index contributed by atoms with van der Waals surface area (Å²) >= 11 is 0. The molecule has 0 unspecified atom stereocenters. The maximum Gasteiger partial charge on any atom is 0.325 e. The van der Waals surface area contributed by atoms with Gasteiger partial charge < -0.3 is 9.88 Å². The van der Waals surface area contributed by atoms with E-state index in [9.17, 15) is 9.59 Å². The second-order valence-corrected chi connectivity index (χ2v) is 9.64. The summed E-state index contributed by atoms with van der Waals surface area (Å²) < 4.78 is 0. The van der Waals surface area contributed by atoms with E-state index in [-0.39, 0.29) is 5.56 Å². The first-order chi connectivity index (χ1) is 13.5. The highest BCUT2D eigenvalue weighted by molar-refractivity contribution is 5.15. The summed E-state index contributed by atoms with van der Waals surface area (Å²) in [6, 6.07) is 0. The SMILES string of the molecule is Cc1[nH]c(=O)[nH]c(=O)c1CN1CC[C@]2(CCCN(CCC3CCCCC3)C2)C1. The molecule has 1 aromatic rings. The number of aromatic amines is 2. The van der Waals surface area contributed by atoms with Gasteiger partial charge in [0.1, 0.15) is 0 Å². The van der Waals surface area contributed by atoms with Crippen LogP contribution in [0.1, 0.15) is 69.0 Å². The van der Waals surface area contributed by atoms with Crippen LogP contribution in [0.2, 0.25) is 0 Å². The van der Waals surface area contributed by atoms with Crippen LogP contribution in [-0.2, 0) is 6.54 Å². The average molecular weight is 389 g/mol. The monoisotopic (exact) mass is 388 g/mol. The zero-order valence-electron chi connectivity index (χ0n) is 17.4. The van der Waals surface area contributed by atoms with Gasteiger partial charge in [-0.15, -0.1) is 0 Å². The van der Waals surface area contributed by atoms with Crippen molar-refractivity contribution in [2.24, 2.45) is 11.3 Å². The lowest BCUT2D eigenvalue weighted by atomic mass is 9.79. The van der Waals surface area contributed by atoms with Gasteiger partial charge in [-0.05, 0) is 63.6 Å². The van der Waals surface area contributed by atoms with Gasteiger partial charge in [0.25, 0.3) is 5.56 Å². The molecule has 1 aromatic heterocycles. The minimum Gasteiger partial charge on any atom is -0.311 e. The van der Waals surface area contributed by atoms with E-state index in [1.807, 2.05) is 6.92 Å². The molecule has 1 aliphatic carbocycles. The van der Waals surface area contributed by atoms with E-state index in [2.05, 4.69) is 19.8 Å². The van der Waals surface area contributed by atoms with Crippen LogP contribution in [0.15, 0.2) is 9.59 Å². The summed E-state index contributed by atoms with van der Waals surface area (Å²) in [7, 11) is 0. The van der Waals surface area contributed by atoms with Gasteiger partial charge >= 0.3 is 5.69 Å². The first-order valence-electron chi connectivity index (χ1n) is 11.3. The number of likely N-dealkylation sites (tertiary alicyclic amines) is 2. The molecule has 0 radical (unpaired) electrons. The Morgan fingerprint density at radius 2 is 1.75 bits per heavy atom.